The molecule has 0 aliphatic rings. The Balaban J connectivity index is 2.39. The van der Waals surface area contributed by atoms with Crippen LogP contribution in [0.1, 0.15) is 16.6 Å². The Bertz CT molecular complexity index is 598. The maximum Gasteiger partial charge on any atom is 0.348 e. The van der Waals surface area contributed by atoms with Gasteiger partial charge in [-0.15, -0.1) is 0 Å². The largest absolute Gasteiger partial charge is 0.477 e. The van der Waals surface area contributed by atoms with Gasteiger partial charge in [-0.2, -0.15) is 0 Å². The molecule has 21 heavy (non-hydrogen) atoms. The van der Waals surface area contributed by atoms with Crippen LogP contribution in [0.15, 0.2) is 30.3 Å². The van der Waals surface area contributed by atoms with Crippen LogP contribution in [0.5, 0.6) is 0 Å². The molecule has 0 saturated heterocycles. The molecule has 1 aromatic heterocycles. The van der Waals surface area contributed by atoms with Gasteiger partial charge in [0.1, 0.15) is 4.88 Å². The fraction of sp³-hybridized carbons (Fsp3) is 0.333. The first-order valence-electron chi connectivity index (χ1n) is 6.70. The van der Waals surface area contributed by atoms with Crippen LogP contribution < -0.4 is 4.90 Å². The minimum absolute atomic E-state index is 0.270. The quantitative estimate of drug-likeness (QED) is 0.852. The molecule has 0 atom stereocenters. The Morgan fingerprint density at radius 3 is 2.67 bits per heavy atom. The number of benzene rings is 1. The van der Waals surface area contributed by atoms with Crippen molar-refractivity contribution in [3.63, 3.8) is 0 Å². The summed E-state index contributed by atoms with van der Waals surface area (Å²) >= 11 is 1.21. The standard InChI is InChI=1S/C15H18N2O3S/c1-3-17(9-10-20-2)15-16-12(13(21-15)14(18)19)11-7-5-4-6-8-11/h4-8H,3,9-10H2,1-2H3,(H,18,19). The summed E-state index contributed by atoms with van der Waals surface area (Å²) in [5.74, 6) is -0.944. The second-order valence-electron chi connectivity index (χ2n) is 4.42. The molecule has 1 heterocycles. The molecule has 1 N–H and O–H groups in total. The summed E-state index contributed by atoms with van der Waals surface area (Å²) in [4.78, 5) is 18.3. The first-order valence-corrected chi connectivity index (χ1v) is 7.52. The molecule has 2 rings (SSSR count). The number of likely N-dealkylation sites (N-methyl/N-ethyl adjacent to an activating group) is 1. The third-order valence-electron chi connectivity index (χ3n) is 3.07. The van der Waals surface area contributed by atoms with Crippen molar-refractivity contribution >= 4 is 22.4 Å². The minimum Gasteiger partial charge on any atom is -0.477 e. The number of hydrogen-bond acceptors (Lipinski definition) is 5. The topological polar surface area (TPSA) is 62.7 Å². The number of ether oxygens (including phenoxy) is 1. The molecule has 0 aliphatic carbocycles. The van der Waals surface area contributed by atoms with Gasteiger partial charge in [0.2, 0.25) is 0 Å². The first kappa shape index (κ1) is 15.5. The van der Waals surface area contributed by atoms with Crippen molar-refractivity contribution in [2.24, 2.45) is 0 Å². The van der Waals surface area contributed by atoms with Gasteiger partial charge < -0.3 is 14.7 Å². The van der Waals surface area contributed by atoms with Crippen molar-refractivity contribution in [3.8, 4) is 11.3 Å². The van der Waals surface area contributed by atoms with Gasteiger partial charge >= 0.3 is 5.97 Å². The number of carbonyl (C=O) groups is 1. The van der Waals surface area contributed by atoms with Gasteiger partial charge in [-0.1, -0.05) is 41.7 Å². The summed E-state index contributed by atoms with van der Waals surface area (Å²) in [5.41, 5.74) is 1.35. The zero-order valence-electron chi connectivity index (χ0n) is 12.1. The van der Waals surface area contributed by atoms with E-state index in [2.05, 4.69) is 4.98 Å². The lowest BCUT2D eigenvalue weighted by atomic mass is 10.1. The van der Waals surface area contributed by atoms with E-state index in [1.165, 1.54) is 11.3 Å². The monoisotopic (exact) mass is 306 g/mol. The van der Waals surface area contributed by atoms with Gasteiger partial charge in [0.05, 0.1) is 12.3 Å². The number of thiazole rings is 1. The molecule has 0 amide bonds. The van der Waals surface area contributed by atoms with Crippen molar-refractivity contribution in [2.45, 2.75) is 6.92 Å². The normalized spacial score (nSPS) is 10.6. The zero-order valence-corrected chi connectivity index (χ0v) is 12.9. The second-order valence-corrected chi connectivity index (χ2v) is 5.40. The molecular formula is C15H18N2O3S. The summed E-state index contributed by atoms with van der Waals surface area (Å²) in [6.07, 6.45) is 0. The van der Waals surface area contributed by atoms with Crippen LogP contribution in [-0.4, -0.2) is 42.9 Å². The van der Waals surface area contributed by atoms with Crippen LogP contribution in [0.4, 0.5) is 5.13 Å². The van der Waals surface area contributed by atoms with Gasteiger partial charge in [0, 0.05) is 25.8 Å². The molecule has 0 spiro atoms. The Morgan fingerprint density at radius 2 is 2.10 bits per heavy atom. The number of aromatic nitrogens is 1. The third kappa shape index (κ3) is 3.59. The summed E-state index contributed by atoms with van der Waals surface area (Å²) in [5, 5.41) is 10.1. The van der Waals surface area contributed by atoms with E-state index in [0.29, 0.717) is 24.0 Å². The third-order valence-corrected chi connectivity index (χ3v) is 4.18. The van der Waals surface area contributed by atoms with Gasteiger partial charge in [-0.3, -0.25) is 0 Å². The number of anilines is 1. The second kappa shape index (κ2) is 7.19. The lowest BCUT2D eigenvalue weighted by Gasteiger charge is -2.18. The van der Waals surface area contributed by atoms with E-state index in [1.807, 2.05) is 42.2 Å². The lowest BCUT2D eigenvalue weighted by molar-refractivity contribution is 0.0702. The van der Waals surface area contributed by atoms with Gasteiger partial charge in [0.15, 0.2) is 5.13 Å². The van der Waals surface area contributed by atoms with E-state index in [0.717, 1.165) is 12.1 Å². The zero-order chi connectivity index (χ0) is 15.2. The highest BCUT2D eigenvalue weighted by atomic mass is 32.1. The highest BCUT2D eigenvalue weighted by Gasteiger charge is 2.21. The minimum atomic E-state index is -0.944. The van der Waals surface area contributed by atoms with Crippen LogP contribution in [0.3, 0.4) is 0 Å². The van der Waals surface area contributed by atoms with Crippen LogP contribution >= 0.6 is 11.3 Å². The number of carboxylic acid groups (broad SMARTS) is 1. The fourth-order valence-electron chi connectivity index (χ4n) is 1.97. The highest BCUT2D eigenvalue weighted by Crippen LogP contribution is 2.33. The fourth-order valence-corrected chi connectivity index (χ4v) is 2.99. The SMILES string of the molecule is CCN(CCOC)c1nc(-c2ccccc2)c(C(=O)O)s1. The number of rotatable bonds is 7. The maximum atomic E-state index is 11.5. The molecule has 0 bridgehead atoms. The number of hydrogen-bond donors (Lipinski definition) is 1. The van der Waals surface area contributed by atoms with E-state index >= 15 is 0 Å². The molecule has 0 fully saturated rings. The van der Waals surface area contributed by atoms with E-state index in [4.69, 9.17) is 4.74 Å². The lowest BCUT2D eigenvalue weighted by Crippen LogP contribution is -2.26. The summed E-state index contributed by atoms with van der Waals surface area (Å²) in [7, 11) is 1.65. The van der Waals surface area contributed by atoms with Crippen LogP contribution in [-0.2, 0) is 4.74 Å². The molecule has 0 aliphatic heterocycles. The van der Waals surface area contributed by atoms with E-state index < -0.39 is 5.97 Å². The average Bonchev–Trinajstić information content (AvgIpc) is 2.94. The maximum absolute atomic E-state index is 11.5. The van der Waals surface area contributed by atoms with Crippen molar-refractivity contribution in [2.75, 3.05) is 31.7 Å². The predicted molar refractivity (Wildman–Crippen MR) is 84.3 cm³/mol. The van der Waals surface area contributed by atoms with E-state index in [-0.39, 0.29) is 4.88 Å². The molecule has 6 heteroatoms. The van der Waals surface area contributed by atoms with Crippen molar-refractivity contribution in [1.82, 2.24) is 4.98 Å². The Hall–Kier alpha value is -1.92. The molecule has 0 radical (unpaired) electrons. The molecule has 1 aromatic carbocycles. The average molecular weight is 306 g/mol. The highest BCUT2D eigenvalue weighted by molar-refractivity contribution is 7.17. The van der Waals surface area contributed by atoms with Crippen molar-refractivity contribution < 1.29 is 14.6 Å². The van der Waals surface area contributed by atoms with Gasteiger partial charge in [-0.25, -0.2) is 9.78 Å². The molecule has 2 aromatic rings. The van der Waals surface area contributed by atoms with Crippen molar-refractivity contribution in [3.05, 3.63) is 35.2 Å². The predicted octanol–water partition coefficient (Wildman–Crippen LogP) is 2.98. The van der Waals surface area contributed by atoms with Crippen LogP contribution in [0, 0.1) is 0 Å². The molecule has 112 valence electrons. The number of nitrogens with zero attached hydrogens (tertiary/aromatic N) is 2. The first-order chi connectivity index (χ1) is 10.2. The Morgan fingerprint density at radius 1 is 1.38 bits per heavy atom. The summed E-state index contributed by atoms with van der Waals surface area (Å²) < 4.78 is 5.08. The van der Waals surface area contributed by atoms with E-state index in [9.17, 15) is 9.90 Å². The van der Waals surface area contributed by atoms with Gasteiger partial charge in [0.25, 0.3) is 0 Å². The Labute approximate surface area is 127 Å². The smallest absolute Gasteiger partial charge is 0.348 e. The number of carboxylic acids is 1. The summed E-state index contributed by atoms with van der Waals surface area (Å²) in [6, 6.07) is 9.40. The number of aromatic carboxylic acids is 1. The molecule has 0 saturated carbocycles. The molecular weight excluding hydrogens is 288 g/mol. The molecule has 5 nitrogen and oxygen atoms in total. The molecule has 0 unspecified atom stereocenters. The Kier molecular flexibility index (Phi) is 5.30. The van der Waals surface area contributed by atoms with Crippen LogP contribution in [0.25, 0.3) is 11.3 Å². The number of methoxy groups -OCH3 is 1. The summed E-state index contributed by atoms with van der Waals surface area (Å²) in [6.45, 7) is 4.04. The van der Waals surface area contributed by atoms with Crippen molar-refractivity contribution in [1.29, 1.82) is 0 Å². The van der Waals surface area contributed by atoms with E-state index in [1.54, 1.807) is 7.11 Å². The van der Waals surface area contributed by atoms with Gasteiger partial charge in [-0.05, 0) is 6.92 Å². The van der Waals surface area contributed by atoms with Crippen LogP contribution in [0.2, 0.25) is 0 Å².